The number of nitrogens with zero attached hydrogens (tertiary/aromatic N) is 2. The zero-order valence-corrected chi connectivity index (χ0v) is 14.3. The summed E-state index contributed by atoms with van der Waals surface area (Å²) in [5, 5.41) is 4.19. The van der Waals surface area contributed by atoms with Crippen molar-refractivity contribution < 1.29 is 9.26 Å². The van der Waals surface area contributed by atoms with Crippen LogP contribution in [-0.2, 0) is 13.0 Å². The topological polar surface area (TPSA) is 38.5 Å². The highest BCUT2D eigenvalue weighted by molar-refractivity contribution is 5.29. The van der Waals surface area contributed by atoms with Gasteiger partial charge in [-0.2, -0.15) is 0 Å². The molecule has 124 valence electrons. The van der Waals surface area contributed by atoms with Crippen molar-refractivity contribution in [3.05, 3.63) is 46.8 Å². The molecule has 0 bridgehead atoms. The van der Waals surface area contributed by atoms with E-state index in [1.807, 2.05) is 6.92 Å². The lowest BCUT2D eigenvalue weighted by molar-refractivity contribution is 0.245. The second kappa shape index (κ2) is 7.18. The number of hydrogen-bond donors (Lipinski definition) is 0. The first kappa shape index (κ1) is 16.1. The average molecular weight is 314 g/mol. The summed E-state index contributed by atoms with van der Waals surface area (Å²) in [6, 6.07) is 8.89. The van der Waals surface area contributed by atoms with Crippen LogP contribution < -0.4 is 4.74 Å². The second-order valence-corrected chi connectivity index (χ2v) is 6.16. The van der Waals surface area contributed by atoms with E-state index >= 15 is 0 Å². The molecule has 1 aromatic heterocycles. The van der Waals surface area contributed by atoms with E-state index in [1.54, 1.807) is 0 Å². The molecule has 0 unspecified atom stereocenters. The molecular weight excluding hydrogens is 288 g/mol. The van der Waals surface area contributed by atoms with Crippen molar-refractivity contribution in [2.24, 2.45) is 0 Å². The van der Waals surface area contributed by atoms with E-state index in [1.165, 1.54) is 24.0 Å². The Morgan fingerprint density at radius 2 is 2.04 bits per heavy atom. The van der Waals surface area contributed by atoms with Crippen molar-refractivity contribution in [2.75, 3.05) is 13.2 Å². The molecule has 0 saturated carbocycles. The molecule has 1 aromatic carbocycles. The Morgan fingerprint density at radius 1 is 1.26 bits per heavy atom. The maximum absolute atomic E-state index is 5.52. The third kappa shape index (κ3) is 3.42. The van der Waals surface area contributed by atoms with Crippen molar-refractivity contribution >= 4 is 0 Å². The van der Waals surface area contributed by atoms with Crippen LogP contribution in [0.3, 0.4) is 0 Å². The molecule has 4 heteroatoms. The Bertz CT molecular complexity index is 633. The predicted octanol–water partition coefficient (Wildman–Crippen LogP) is 4.28. The average Bonchev–Trinajstić information content (AvgIpc) is 3.15. The molecular formula is C19H26N2O2. The van der Waals surface area contributed by atoms with Crippen LogP contribution in [0.25, 0.3) is 0 Å². The van der Waals surface area contributed by atoms with E-state index < -0.39 is 0 Å². The Morgan fingerprint density at radius 3 is 2.74 bits per heavy atom. The molecule has 2 aromatic rings. The molecule has 1 atom stereocenters. The van der Waals surface area contributed by atoms with Crippen molar-refractivity contribution in [3.8, 4) is 5.75 Å². The van der Waals surface area contributed by atoms with E-state index in [4.69, 9.17) is 9.26 Å². The molecule has 1 aliphatic heterocycles. The number of rotatable bonds is 6. The maximum Gasteiger partial charge on any atom is 0.141 e. The van der Waals surface area contributed by atoms with E-state index in [9.17, 15) is 0 Å². The molecule has 0 radical (unpaired) electrons. The highest BCUT2D eigenvalue weighted by atomic mass is 16.5. The molecule has 0 aliphatic carbocycles. The van der Waals surface area contributed by atoms with E-state index in [0.29, 0.717) is 12.6 Å². The smallest absolute Gasteiger partial charge is 0.141 e. The van der Waals surface area contributed by atoms with Crippen molar-refractivity contribution in [3.63, 3.8) is 0 Å². The summed E-state index contributed by atoms with van der Waals surface area (Å²) >= 11 is 0. The van der Waals surface area contributed by atoms with Gasteiger partial charge in [0.25, 0.3) is 0 Å². The standard InChI is InChI=1S/C19H26N2O2/c1-4-18-19(14(3)20-23-18)17-7-6-12-21(17)13-15-8-10-16(11-9-15)22-5-2/h8-11,17H,4-7,12-13H2,1-3H3/t17-/m1/s1. The summed E-state index contributed by atoms with van der Waals surface area (Å²) in [5.41, 5.74) is 3.69. The van der Waals surface area contributed by atoms with Gasteiger partial charge in [0.05, 0.1) is 12.3 Å². The van der Waals surface area contributed by atoms with Crippen LogP contribution in [0.2, 0.25) is 0 Å². The summed E-state index contributed by atoms with van der Waals surface area (Å²) in [4.78, 5) is 2.55. The molecule has 4 nitrogen and oxygen atoms in total. The molecule has 0 N–H and O–H groups in total. The fraction of sp³-hybridized carbons (Fsp3) is 0.526. The first-order valence-electron chi connectivity index (χ1n) is 8.63. The van der Waals surface area contributed by atoms with Crippen LogP contribution in [0.4, 0.5) is 0 Å². The van der Waals surface area contributed by atoms with E-state index in [2.05, 4.69) is 48.2 Å². The molecule has 1 aliphatic rings. The highest BCUT2D eigenvalue weighted by Crippen LogP contribution is 2.37. The lowest BCUT2D eigenvalue weighted by Gasteiger charge is -2.25. The van der Waals surface area contributed by atoms with Crippen LogP contribution >= 0.6 is 0 Å². The van der Waals surface area contributed by atoms with Crippen LogP contribution in [0.1, 0.15) is 55.3 Å². The van der Waals surface area contributed by atoms with Gasteiger partial charge in [-0.15, -0.1) is 0 Å². The molecule has 23 heavy (non-hydrogen) atoms. The summed E-state index contributed by atoms with van der Waals surface area (Å²) in [5.74, 6) is 1.99. The van der Waals surface area contributed by atoms with Crippen LogP contribution in [0.5, 0.6) is 5.75 Å². The minimum Gasteiger partial charge on any atom is -0.494 e. The number of aryl methyl sites for hydroxylation is 2. The van der Waals surface area contributed by atoms with Crippen LogP contribution in [-0.4, -0.2) is 23.2 Å². The summed E-state index contributed by atoms with van der Waals surface area (Å²) in [7, 11) is 0. The minimum absolute atomic E-state index is 0.433. The van der Waals surface area contributed by atoms with Gasteiger partial charge >= 0.3 is 0 Å². The van der Waals surface area contributed by atoms with Crippen LogP contribution in [0, 0.1) is 6.92 Å². The molecule has 1 fully saturated rings. The van der Waals surface area contributed by atoms with Gasteiger partial charge in [0.1, 0.15) is 11.5 Å². The minimum atomic E-state index is 0.433. The van der Waals surface area contributed by atoms with Gasteiger partial charge in [-0.05, 0) is 50.9 Å². The van der Waals surface area contributed by atoms with Crippen molar-refractivity contribution in [2.45, 2.75) is 52.6 Å². The van der Waals surface area contributed by atoms with Gasteiger partial charge < -0.3 is 9.26 Å². The molecule has 2 heterocycles. The lowest BCUT2D eigenvalue weighted by Crippen LogP contribution is -2.23. The normalized spacial score (nSPS) is 18.5. The number of benzene rings is 1. The SMILES string of the molecule is CCOc1ccc(CN2CCC[C@@H]2c2c(C)noc2CC)cc1. The number of ether oxygens (including phenoxy) is 1. The second-order valence-electron chi connectivity index (χ2n) is 6.16. The fourth-order valence-electron chi connectivity index (χ4n) is 3.54. The van der Waals surface area contributed by atoms with Crippen molar-refractivity contribution in [1.82, 2.24) is 10.1 Å². The monoisotopic (exact) mass is 314 g/mol. The first-order chi connectivity index (χ1) is 11.2. The Kier molecular flexibility index (Phi) is 5.01. The first-order valence-corrected chi connectivity index (χ1v) is 8.63. The summed E-state index contributed by atoms with van der Waals surface area (Å²) < 4.78 is 11.0. The van der Waals surface area contributed by atoms with Gasteiger partial charge in [-0.1, -0.05) is 24.2 Å². The third-order valence-corrected chi connectivity index (χ3v) is 4.62. The molecule has 0 spiro atoms. The molecule has 1 saturated heterocycles. The fourth-order valence-corrected chi connectivity index (χ4v) is 3.54. The zero-order valence-electron chi connectivity index (χ0n) is 14.3. The zero-order chi connectivity index (χ0) is 16.2. The lowest BCUT2D eigenvalue weighted by atomic mass is 10.0. The van der Waals surface area contributed by atoms with Crippen LogP contribution in [0.15, 0.2) is 28.8 Å². The number of aromatic nitrogens is 1. The van der Waals surface area contributed by atoms with Gasteiger partial charge in [-0.25, -0.2) is 0 Å². The Labute approximate surface area is 138 Å². The predicted molar refractivity (Wildman–Crippen MR) is 90.6 cm³/mol. The largest absolute Gasteiger partial charge is 0.494 e. The maximum atomic E-state index is 5.52. The Hall–Kier alpha value is -1.81. The van der Waals surface area contributed by atoms with Gasteiger partial charge in [-0.3, -0.25) is 4.90 Å². The summed E-state index contributed by atoms with van der Waals surface area (Å²) in [6.45, 7) is 9.01. The third-order valence-electron chi connectivity index (χ3n) is 4.62. The van der Waals surface area contributed by atoms with Gasteiger partial charge in [0.15, 0.2) is 0 Å². The molecule has 0 amide bonds. The molecule has 3 rings (SSSR count). The van der Waals surface area contributed by atoms with E-state index in [0.717, 1.165) is 36.7 Å². The van der Waals surface area contributed by atoms with E-state index in [-0.39, 0.29) is 0 Å². The highest BCUT2D eigenvalue weighted by Gasteiger charge is 2.31. The van der Waals surface area contributed by atoms with Gasteiger partial charge in [0.2, 0.25) is 0 Å². The van der Waals surface area contributed by atoms with Crippen molar-refractivity contribution in [1.29, 1.82) is 0 Å². The number of likely N-dealkylation sites (tertiary alicyclic amines) is 1. The number of hydrogen-bond acceptors (Lipinski definition) is 4. The Balaban J connectivity index is 1.75. The summed E-state index contributed by atoms with van der Waals surface area (Å²) in [6.07, 6.45) is 3.32. The quantitative estimate of drug-likeness (QED) is 0.797. The van der Waals surface area contributed by atoms with Gasteiger partial charge in [0, 0.05) is 24.6 Å².